The van der Waals surface area contributed by atoms with Crippen LogP contribution in [0, 0.1) is 16.7 Å². The Bertz CT molecular complexity index is 1240. The molecule has 39 heavy (non-hydrogen) atoms. The molecule has 0 spiro atoms. The van der Waals surface area contributed by atoms with Gasteiger partial charge in [0.05, 0.1) is 35.7 Å². The number of aliphatic hydroxyl groups is 4. The fourth-order valence-corrected chi connectivity index (χ4v) is 7.66. The Morgan fingerprint density at radius 2 is 1.72 bits per heavy atom. The molecule has 0 radical (unpaired) electrons. The molecule has 4 N–H and O–H groups in total. The number of ketones is 1. The van der Waals surface area contributed by atoms with E-state index in [1.165, 1.54) is 26.0 Å². The number of carbonyl (C=O) groups is 3. The first-order chi connectivity index (χ1) is 18.1. The van der Waals surface area contributed by atoms with Gasteiger partial charge in [-0.25, -0.2) is 4.79 Å². The van der Waals surface area contributed by atoms with E-state index >= 15 is 0 Å². The first-order valence-corrected chi connectivity index (χ1v) is 13.2. The molecule has 1 aromatic rings. The molecule has 3 fully saturated rings. The van der Waals surface area contributed by atoms with E-state index in [-0.39, 0.29) is 30.6 Å². The lowest BCUT2D eigenvalue weighted by Gasteiger charge is -2.67. The Hall–Kier alpha value is -2.63. The minimum absolute atomic E-state index is 0.0828. The summed E-state index contributed by atoms with van der Waals surface area (Å²) in [4.78, 5) is 40.3. The fraction of sp³-hybridized carbons (Fsp3) is 0.621. The zero-order chi connectivity index (χ0) is 28.7. The molecule has 10 heteroatoms. The number of benzene rings is 1. The van der Waals surface area contributed by atoms with Crippen LogP contribution in [0.2, 0.25) is 0 Å². The molecular weight excluding hydrogens is 508 g/mol. The van der Waals surface area contributed by atoms with Gasteiger partial charge in [-0.05, 0) is 37.1 Å². The van der Waals surface area contributed by atoms with Gasteiger partial charge in [0.2, 0.25) is 0 Å². The van der Waals surface area contributed by atoms with Crippen LogP contribution in [-0.2, 0) is 23.8 Å². The van der Waals surface area contributed by atoms with Crippen molar-refractivity contribution in [1.29, 1.82) is 0 Å². The zero-order valence-corrected chi connectivity index (χ0v) is 22.7. The van der Waals surface area contributed by atoms with Gasteiger partial charge in [0.25, 0.3) is 0 Å². The molecule has 212 valence electrons. The summed E-state index contributed by atoms with van der Waals surface area (Å²) < 4.78 is 17.7. The number of aliphatic hydroxyl groups excluding tert-OH is 3. The van der Waals surface area contributed by atoms with E-state index in [0.717, 1.165) is 0 Å². The highest BCUT2D eigenvalue weighted by atomic mass is 16.6. The topological polar surface area (TPSA) is 160 Å². The zero-order valence-electron chi connectivity index (χ0n) is 22.7. The Morgan fingerprint density at radius 3 is 2.28 bits per heavy atom. The number of hydrogen-bond acceptors (Lipinski definition) is 10. The summed E-state index contributed by atoms with van der Waals surface area (Å²) in [6.07, 6.45) is -7.26. The van der Waals surface area contributed by atoms with E-state index < -0.39 is 76.2 Å². The minimum Gasteiger partial charge on any atom is -0.455 e. The van der Waals surface area contributed by atoms with Crippen molar-refractivity contribution in [3.8, 4) is 0 Å². The molecule has 2 bridgehead atoms. The second-order valence-corrected chi connectivity index (χ2v) is 12.2. The third-order valence-corrected chi connectivity index (χ3v) is 9.95. The number of ether oxygens (including phenoxy) is 3. The number of hydrogen-bond donors (Lipinski definition) is 4. The van der Waals surface area contributed by atoms with E-state index in [9.17, 15) is 34.8 Å². The van der Waals surface area contributed by atoms with Crippen molar-refractivity contribution < 1.29 is 49.0 Å². The number of rotatable bonds is 3. The monoisotopic (exact) mass is 544 g/mol. The van der Waals surface area contributed by atoms with Crippen molar-refractivity contribution in [1.82, 2.24) is 0 Å². The van der Waals surface area contributed by atoms with Crippen LogP contribution in [0.3, 0.4) is 0 Å². The van der Waals surface area contributed by atoms with Gasteiger partial charge in [0.15, 0.2) is 11.4 Å². The number of fused-ring (bicyclic) bond motifs is 5. The number of carbonyl (C=O) groups excluding carboxylic acids is 3. The molecule has 1 aliphatic heterocycles. The molecule has 0 unspecified atom stereocenters. The molecule has 5 rings (SSSR count). The highest BCUT2D eigenvalue weighted by Gasteiger charge is 2.77. The highest BCUT2D eigenvalue weighted by molar-refractivity contribution is 5.94. The van der Waals surface area contributed by atoms with E-state index in [4.69, 9.17) is 14.2 Å². The van der Waals surface area contributed by atoms with Crippen LogP contribution >= 0.6 is 0 Å². The predicted molar refractivity (Wildman–Crippen MR) is 135 cm³/mol. The summed E-state index contributed by atoms with van der Waals surface area (Å²) in [7, 11) is 0. The average molecular weight is 545 g/mol. The van der Waals surface area contributed by atoms with E-state index in [2.05, 4.69) is 0 Å². The smallest absolute Gasteiger partial charge is 0.338 e. The quantitative estimate of drug-likeness (QED) is 0.320. The maximum atomic E-state index is 14.3. The molecule has 10 nitrogen and oxygen atoms in total. The van der Waals surface area contributed by atoms with Crippen molar-refractivity contribution in [2.75, 3.05) is 6.61 Å². The fourth-order valence-electron chi connectivity index (χ4n) is 7.66. The lowest BCUT2D eigenvalue weighted by atomic mass is 9.44. The molecule has 0 amide bonds. The Labute approximate surface area is 226 Å². The first-order valence-electron chi connectivity index (χ1n) is 13.2. The van der Waals surface area contributed by atoms with Gasteiger partial charge in [-0.3, -0.25) is 9.59 Å². The SMILES string of the molecule is CC(=O)O[C@@]12CO[C@H]1C[C@H](O)[C@@]1(C)C(=O)[C@H](O)C3=C(C)[C@@H](O)C[C@@](O)([C@@H](OC(=O)c4ccccc4)[C@@H]21)C3(C)C. The minimum atomic E-state index is -2.07. The van der Waals surface area contributed by atoms with Crippen molar-refractivity contribution in [2.45, 2.75) is 89.2 Å². The van der Waals surface area contributed by atoms with Gasteiger partial charge in [-0.1, -0.05) is 32.0 Å². The molecule has 1 heterocycles. The number of esters is 2. The molecule has 2 saturated carbocycles. The summed E-state index contributed by atoms with van der Waals surface area (Å²) in [5, 5.41) is 46.7. The van der Waals surface area contributed by atoms with Crippen LogP contribution in [0.25, 0.3) is 0 Å². The van der Waals surface area contributed by atoms with Gasteiger partial charge in [-0.15, -0.1) is 0 Å². The Kier molecular flexibility index (Phi) is 6.40. The third-order valence-electron chi connectivity index (χ3n) is 9.95. The van der Waals surface area contributed by atoms with E-state index in [1.807, 2.05) is 0 Å². The van der Waals surface area contributed by atoms with Crippen molar-refractivity contribution in [3.63, 3.8) is 0 Å². The summed E-state index contributed by atoms with van der Waals surface area (Å²) in [5.41, 5.74) is -6.24. The van der Waals surface area contributed by atoms with Crippen LogP contribution in [0.1, 0.15) is 57.8 Å². The van der Waals surface area contributed by atoms with Gasteiger partial charge in [0, 0.05) is 25.2 Å². The van der Waals surface area contributed by atoms with Crippen LogP contribution < -0.4 is 0 Å². The molecule has 1 saturated heterocycles. The van der Waals surface area contributed by atoms with Crippen LogP contribution in [0.5, 0.6) is 0 Å². The lowest BCUT2D eigenvalue weighted by molar-refractivity contribution is -0.345. The first kappa shape index (κ1) is 27.9. The maximum Gasteiger partial charge on any atom is 0.338 e. The molecule has 1 aromatic carbocycles. The Balaban J connectivity index is 1.81. The lowest BCUT2D eigenvalue weighted by Crippen LogP contribution is -2.81. The van der Waals surface area contributed by atoms with Crippen LogP contribution in [-0.4, -0.2) is 86.5 Å². The molecule has 9 atom stereocenters. The Morgan fingerprint density at radius 1 is 1.08 bits per heavy atom. The second kappa shape index (κ2) is 8.94. The van der Waals surface area contributed by atoms with Gasteiger partial charge in [0.1, 0.15) is 23.9 Å². The average Bonchev–Trinajstić information content (AvgIpc) is 2.87. The van der Waals surface area contributed by atoms with Crippen molar-refractivity contribution in [3.05, 3.63) is 47.0 Å². The molecule has 3 aliphatic carbocycles. The van der Waals surface area contributed by atoms with Crippen LogP contribution in [0.15, 0.2) is 41.5 Å². The van der Waals surface area contributed by atoms with E-state index in [1.54, 1.807) is 39.0 Å². The van der Waals surface area contributed by atoms with Gasteiger partial charge in [-0.2, -0.15) is 0 Å². The second-order valence-electron chi connectivity index (χ2n) is 12.2. The number of Topliss-reactive ketones (excluding diaryl/α,β-unsaturated/α-hetero) is 1. The predicted octanol–water partition coefficient (Wildman–Crippen LogP) is 1.08. The van der Waals surface area contributed by atoms with Crippen molar-refractivity contribution in [2.24, 2.45) is 16.7 Å². The standard InChI is InChI=1S/C29H36O10/c1-14-17(31)12-29(36)24(38-25(35)16-9-7-6-8-10-16)22-27(5,23(34)21(33)20(14)26(29,3)4)18(32)11-19-28(22,13-37-19)39-15(2)30/h6-10,17-19,21-22,24,31-33,36H,11-13H2,1-5H3/t17-,18-,19-,21+,22+,24-,27+,28-,29+/m0/s1. The summed E-state index contributed by atoms with van der Waals surface area (Å²) >= 11 is 0. The van der Waals surface area contributed by atoms with Gasteiger partial charge < -0.3 is 34.6 Å². The molecule has 0 aromatic heterocycles. The highest BCUT2D eigenvalue weighted by Crippen LogP contribution is 2.63. The summed E-state index contributed by atoms with van der Waals surface area (Å²) in [6.45, 7) is 7.29. The molecule has 4 aliphatic rings. The van der Waals surface area contributed by atoms with Crippen molar-refractivity contribution >= 4 is 17.7 Å². The maximum absolute atomic E-state index is 14.3. The summed E-state index contributed by atoms with van der Waals surface area (Å²) in [5.74, 6) is -3.60. The van der Waals surface area contributed by atoms with Gasteiger partial charge >= 0.3 is 11.9 Å². The molecular formula is C29H36O10. The largest absolute Gasteiger partial charge is 0.455 e. The van der Waals surface area contributed by atoms with Crippen LogP contribution in [0.4, 0.5) is 0 Å². The normalized spacial score (nSPS) is 42.7. The summed E-state index contributed by atoms with van der Waals surface area (Å²) in [6, 6.07) is 8.08. The van der Waals surface area contributed by atoms with E-state index in [0.29, 0.717) is 5.57 Å². The third kappa shape index (κ3) is 3.62.